The number of ether oxygens (including phenoxy) is 1. The number of benzene rings is 1. The average Bonchev–Trinajstić information content (AvgIpc) is 2.36. The summed E-state index contributed by atoms with van der Waals surface area (Å²) in [5, 5.41) is 10.9. The van der Waals surface area contributed by atoms with Crippen LogP contribution in [0.15, 0.2) is 24.3 Å². The Morgan fingerprint density at radius 2 is 1.78 bits per heavy atom. The lowest BCUT2D eigenvalue weighted by molar-refractivity contribution is -0.136. The monoisotopic (exact) mass is 251 g/mol. The summed E-state index contributed by atoms with van der Waals surface area (Å²) in [6, 6.07) is 6.14. The van der Waals surface area contributed by atoms with Crippen LogP contribution in [0.3, 0.4) is 0 Å². The topological polar surface area (TPSA) is 92.7 Å². The number of methoxy groups -OCH3 is 1. The Labute approximate surface area is 104 Å². The van der Waals surface area contributed by atoms with Crippen molar-refractivity contribution in [2.24, 2.45) is 0 Å². The first-order chi connectivity index (χ1) is 8.52. The van der Waals surface area contributed by atoms with Crippen molar-refractivity contribution >= 4 is 23.5 Å². The third-order valence-corrected chi connectivity index (χ3v) is 2.20. The minimum absolute atomic E-state index is 0.0425. The Bertz CT molecular complexity index is 452. The molecule has 96 valence electrons. The quantitative estimate of drug-likeness (QED) is 0.780. The van der Waals surface area contributed by atoms with Gasteiger partial charge in [0.25, 0.3) is 0 Å². The molecule has 0 saturated carbocycles. The van der Waals surface area contributed by atoms with E-state index >= 15 is 0 Å². The van der Waals surface area contributed by atoms with Gasteiger partial charge in [0.1, 0.15) is 0 Å². The predicted octanol–water partition coefficient (Wildman–Crippen LogP) is 1.91. The molecule has 0 atom stereocenters. The van der Waals surface area contributed by atoms with E-state index < -0.39 is 12.1 Å². The van der Waals surface area contributed by atoms with E-state index in [1.54, 1.807) is 12.1 Å². The van der Waals surface area contributed by atoms with E-state index in [1.165, 1.54) is 19.2 Å². The van der Waals surface area contributed by atoms with Crippen LogP contribution in [0.2, 0.25) is 0 Å². The lowest BCUT2D eigenvalue weighted by Crippen LogP contribution is -2.11. The van der Waals surface area contributed by atoms with Gasteiger partial charge in [0.05, 0.1) is 13.5 Å². The van der Waals surface area contributed by atoms with Crippen molar-refractivity contribution in [2.75, 3.05) is 12.4 Å². The van der Waals surface area contributed by atoms with Gasteiger partial charge >= 0.3 is 12.1 Å². The van der Waals surface area contributed by atoms with Gasteiger partial charge in [0, 0.05) is 17.7 Å². The van der Waals surface area contributed by atoms with E-state index in [4.69, 9.17) is 5.11 Å². The average molecular weight is 251 g/mol. The lowest BCUT2D eigenvalue weighted by atomic mass is 10.1. The Hall–Kier alpha value is -2.37. The molecule has 1 aromatic carbocycles. The molecule has 0 aliphatic heterocycles. The van der Waals surface area contributed by atoms with Gasteiger partial charge in [-0.25, -0.2) is 4.79 Å². The van der Waals surface area contributed by atoms with Crippen LogP contribution in [0, 0.1) is 0 Å². The van der Waals surface area contributed by atoms with Crippen LogP contribution in [0.25, 0.3) is 0 Å². The second kappa shape index (κ2) is 6.39. The van der Waals surface area contributed by atoms with E-state index in [0.717, 1.165) is 0 Å². The largest absolute Gasteiger partial charge is 0.481 e. The molecule has 1 amide bonds. The maximum atomic E-state index is 11.6. The zero-order valence-electron chi connectivity index (χ0n) is 9.80. The molecule has 0 unspecified atom stereocenters. The maximum absolute atomic E-state index is 11.6. The van der Waals surface area contributed by atoms with Crippen molar-refractivity contribution in [2.45, 2.75) is 12.8 Å². The Morgan fingerprint density at radius 1 is 1.17 bits per heavy atom. The van der Waals surface area contributed by atoms with Gasteiger partial charge in [-0.05, 0) is 24.3 Å². The molecular formula is C12H13NO5. The molecule has 1 rings (SSSR count). The first-order valence-electron chi connectivity index (χ1n) is 5.23. The molecule has 2 N–H and O–H groups in total. The van der Waals surface area contributed by atoms with Gasteiger partial charge in [0.2, 0.25) is 0 Å². The molecule has 0 spiro atoms. The molecular weight excluding hydrogens is 238 g/mol. The van der Waals surface area contributed by atoms with Crippen molar-refractivity contribution in [1.82, 2.24) is 0 Å². The van der Waals surface area contributed by atoms with Crippen molar-refractivity contribution < 1.29 is 24.2 Å². The van der Waals surface area contributed by atoms with E-state index in [2.05, 4.69) is 10.1 Å². The van der Waals surface area contributed by atoms with Gasteiger partial charge in [-0.1, -0.05) is 0 Å². The highest BCUT2D eigenvalue weighted by atomic mass is 16.5. The fourth-order valence-corrected chi connectivity index (χ4v) is 1.27. The number of amides is 1. The van der Waals surface area contributed by atoms with E-state index in [0.29, 0.717) is 11.3 Å². The predicted molar refractivity (Wildman–Crippen MR) is 63.7 cm³/mol. The van der Waals surface area contributed by atoms with E-state index in [9.17, 15) is 14.4 Å². The number of carbonyl (C=O) groups is 3. The van der Waals surface area contributed by atoms with Crippen LogP contribution < -0.4 is 5.32 Å². The molecule has 18 heavy (non-hydrogen) atoms. The number of hydrogen-bond donors (Lipinski definition) is 2. The van der Waals surface area contributed by atoms with Crippen molar-refractivity contribution in [3.05, 3.63) is 29.8 Å². The first kappa shape index (κ1) is 13.7. The Balaban J connectivity index is 2.62. The molecule has 6 nitrogen and oxygen atoms in total. The van der Waals surface area contributed by atoms with Crippen molar-refractivity contribution in [1.29, 1.82) is 0 Å². The highest BCUT2D eigenvalue weighted by Crippen LogP contribution is 2.12. The van der Waals surface area contributed by atoms with Crippen LogP contribution in [-0.4, -0.2) is 30.1 Å². The van der Waals surface area contributed by atoms with Gasteiger partial charge in [0.15, 0.2) is 5.78 Å². The number of hydrogen-bond acceptors (Lipinski definition) is 4. The van der Waals surface area contributed by atoms with Crippen LogP contribution in [-0.2, 0) is 9.53 Å². The molecule has 1 aromatic rings. The van der Waals surface area contributed by atoms with Gasteiger partial charge in [-0.15, -0.1) is 0 Å². The molecule has 0 saturated heterocycles. The third kappa shape index (κ3) is 4.25. The summed E-state index contributed by atoms with van der Waals surface area (Å²) in [6.45, 7) is 0. The second-order valence-electron chi connectivity index (χ2n) is 3.51. The summed E-state index contributed by atoms with van der Waals surface area (Å²) in [4.78, 5) is 32.8. The molecule has 0 aliphatic rings. The van der Waals surface area contributed by atoms with Crippen molar-refractivity contribution in [3.63, 3.8) is 0 Å². The van der Waals surface area contributed by atoms with Gasteiger partial charge in [-0.2, -0.15) is 0 Å². The molecule has 0 bridgehead atoms. The second-order valence-corrected chi connectivity index (χ2v) is 3.51. The molecule has 6 heteroatoms. The number of anilines is 1. The van der Waals surface area contributed by atoms with E-state index in [-0.39, 0.29) is 18.6 Å². The number of rotatable bonds is 5. The van der Waals surface area contributed by atoms with Gasteiger partial charge in [-0.3, -0.25) is 14.9 Å². The standard InChI is InChI=1S/C12H13NO5/c1-18-12(17)13-9-4-2-8(3-5-9)10(14)6-7-11(15)16/h2-5H,6-7H2,1H3,(H,13,17)(H,15,16). The number of carboxylic acid groups (broad SMARTS) is 1. The van der Waals surface area contributed by atoms with Crippen LogP contribution >= 0.6 is 0 Å². The molecule has 0 radical (unpaired) electrons. The number of ketones is 1. The van der Waals surface area contributed by atoms with Crippen LogP contribution in [0.5, 0.6) is 0 Å². The van der Waals surface area contributed by atoms with Crippen LogP contribution in [0.1, 0.15) is 23.2 Å². The minimum atomic E-state index is -1.01. The van der Waals surface area contributed by atoms with Crippen molar-refractivity contribution in [3.8, 4) is 0 Å². The highest BCUT2D eigenvalue weighted by molar-refractivity contribution is 5.98. The summed E-state index contributed by atoms with van der Waals surface area (Å²) in [7, 11) is 1.25. The summed E-state index contributed by atoms with van der Waals surface area (Å²) in [5.74, 6) is -1.26. The molecule has 0 fully saturated rings. The maximum Gasteiger partial charge on any atom is 0.411 e. The Kier molecular flexibility index (Phi) is 4.86. The summed E-state index contributed by atoms with van der Waals surface area (Å²) >= 11 is 0. The molecule has 0 aromatic heterocycles. The van der Waals surface area contributed by atoms with Gasteiger partial charge < -0.3 is 9.84 Å². The smallest absolute Gasteiger partial charge is 0.411 e. The summed E-state index contributed by atoms with van der Waals surface area (Å²) in [5.41, 5.74) is 0.906. The summed E-state index contributed by atoms with van der Waals surface area (Å²) in [6.07, 6.45) is -0.833. The Morgan fingerprint density at radius 3 is 2.28 bits per heavy atom. The fourth-order valence-electron chi connectivity index (χ4n) is 1.27. The normalized spacial score (nSPS) is 9.61. The lowest BCUT2D eigenvalue weighted by Gasteiger charge is -2.04. The molecule has 0 heterocycles. The zero-order chi connectivity index (χ0) is 13.5. The van der Waals surface area contributed by atoms with Crippen LogP contribution in [0.4, 0.5) is 10.5 Å². The SMILES string of the molecule is COC(=O)Nc1ccc(C(=O)CCC(=O)O)cc1. The number of aliphatic carboxylic acids is 1. The first-order valence-corrected chi connectivity index (χ1v) is 5.23. The zero-order valence-corrected chi connectivity index (χ0v) is 9.80. The highest BCUT2D eigenvalue weighted by Gasteiger charge is 2.08. The third-order valence-electron chi connectivity index (χ3n) is 2.20. The summed E-state index contributed by atoms with van der Waals surface area (Å²) < 4.78 is 4.41. The minimum Gasteiger partial charge on any atom is -0.481 e. The number of Topliss-reactive ketones (excluding diaryl/α,β-unsaturated/α-hetero) is 1. The fraction of sp³-hybridized carbons (Fsp3) is 0.250. The number of carboxylic acids is 1. The van der Waals surface area contributed by atoms with E-state index in [1.807, 2.05) is 0 Å². The number of carbonyl (C=O) groups excluding carboxylic acids is 2. The number of nitrogens with one attached hydrogen (secondary N) is 1. The molecule has 0 aliphatic carbocycles.